The SMILES string of the molecule is Cc1cc(C)c(NC(=O)CNC(=O)CCCc2ccc(Cl)cc2)c(C)c1. The Morgan fingerprint density at radius 3 is 2.19 bits per heavy atom. The minimum Gasteiger partial charge on any atom is -0.347 e. The summed E-state index contributed by atoms with van der Waals surface area (Å²) in [6.07, 6.45) is 1.92. The molecule has 2 amide bonds. The van der Waals surface area contributed by atoms with E-state index in [9.17, 15) is 9.59 Å². The Morgan fingerprint density at radius 1 is 0.962 bits per heavy atom. The van der Waals surface area contributed by atoms with Crippen molar-refractivity contribution < 1.29 is 9.59 Å². The summed E-state index contributed by atoms with van der Waals surface area (Å²) >= 11 is 5.85. The molecule has 4 nitrogen and oxygen atoms in total. The van der Waals surface area contributed by atoms with Gasteiger partial charge in [0.05, 0.1) is 6.54 Å². The summed E-state index contributed by atoms with van der Waals surface area (Å²) in [5, 5.41) is 6.26. The fraction of sp³-hybridized carbons (Fsp3) is 0.333. The predicted molar refractivity (Wildman–Crippen MR) is 107 cm³/mol. The van der Waals surface area contributed by atoms with E-state index >= 15 is 0 Å². The summed E-state index contributed by atoms with van der Waals surface area (Å²) < 4.78 is 0. The molecule has 0 saturated heterocycles. The lowest BCUT2D eigenvalue weighted by Crippen LogP contribution is -2.33. The van der Waals surface area contributed by atoms with E-state index in [1.54, 1.807) is 0 Å². The fourth-order valence-electron chi connectivity index (χ4n) is 2.93. The maximum absolute atomic E-state index is 12.1. The minimum atomic E-state index is -0.217. The van der Waals surface area contributed by atoms with Gasteiger partial charge in [0.15, 0.2) is 0 Å². The molecular formula is C21H25ClN2O2. The molecule has 26 heavy (non-hydrogen) atoms. The normalized spacial score (nSPS) is 10.5. The molecule has 0 bridgehead atoms. The maximum atomic E-state index is 12.1. The van der Waals surface area contributed by atoms with Crippen LogP contribution < -0.4 is 10.6 Å². The summed E-state index contributed by atoms with van der Waals surface area (Å²) in [4.78, 5) is 24.0. The van der Waals surface area contributed by atoms with Crippen molar-refractivity contribution >= 4 is 29.1 Å². The van der Waals surface area contributed by atoms with Gasteiger partial charge in [-0.1, -0.05) is 41.4 Å². The lowest BCUT2D eigenvalue weighted by atomic mass is 10.1. The number of hydrogen-bond acceptors (Lipinski definition) is 2. The number of rotatable bonds is 7. The number of anilines is 1. The molecule has 2 aromatic carbocycles. The maximum Gasteiger partial charge on any atom is 0.243 e. The summed E-state index contributed by atoms with van der Waals surface area (Å²) in [6, 6.07) is 11.7. The minimum absolute atomic E-state index is 0.0213. The van der Waals surface area contributed by atoms with Crippen LogP contribution in [0.2, 0.25) is 5.02 Å². The van der Waals surface area contributed by atoms with Crippen LogP contribution in [-0.2, 0) is 16.0 Å². The second-order valence-electron chi connectivity index (χ2n) is 6.58. The molecular weight excluding hydrogens is 348 g/mol. The van der Waals surface area contributed by atoms with Crippen LogP contribution in [0.5, 0.6) is 0 Å². The molecule has 0 fully saturated rings. The fourth-order valence-corrected chi connectivity index (χ4v) is 3.06. The van der Waals surface area contributed by atoms with E-state index in [2.05, 4.69) is 10.6 Å². The molecule has 2 aromatic rings. The number of benzene rings is 2. The topological polar surface area (TPSA) is 58.2 Å². The number of nitrogens with one attached hydrogen (secondary N) is 2. The molecule has 2 rings (SSSR count). The largest absolute Gasteiger partial charge is 0.347 e. The predicted octanol–water partition coefficient (Wildman–Crippen LogP) is 4.34. The Bertz CT molecular complexity index is 762. The first-order chi connectivity index (χ1) is 12.3. The van der Waals surface area contributed by atoms with Gasteiger partial charge in [-0.3, -0.25) is 9.59 Å². The van der Waals surface area contributed by atoms with Crippen molar-refractivity contribution in [2.24, 2.45) is 0 Å². The third kappa shape index (κ3) is 6.19. The Kier molecular flexibility index (Phi) is 7.22. The Hall–Kier alpha value is -2.33. The van der Waals surface area contributed by atoms with E-state index in [4.69, 9.17) is 11.6 Å². The van der Waals surface area contributed by atoms with Gasteiger partial charge in [-0.05, 0) is 62.4 Å². The van der Waals surface area contributed by atoms with Gasteiger partial charge < -0.3 is 10.6 Å². The zero-order valence-corrected chi connectivity index (χ0v) is 16.2. The molecule has 0 unspecified atom stereocenters. The van der Waals surface area contributed by atoms with E-state index < -0.39 is 0 Å². The van der Waals surface area contributed by atoms with Crippen molar-refractivity contribution in [1.82, 2.24) is 5.32 Å². The van der Waals surface area contributed by atoms with Crippen molar-refractivity contribution in [1.29, 1.82) is 0 Å². The average molecular weight is 373 g/mol. The van der Waals surface area contributed by atoms with Crippen LogP contribution in [0.25, 0.3) is 0 Å². The van der Waals surface area contributed by atoms with Gasteiger partial charge in [-0.15, -0.1) is 0 Å². The van der Waals surface area contributed by atoms with Crippen LogP contribution in [0, 0.1) is 20.8 Å². The molecule has 0 radical (unpaired) electrons. The van der Waals surface area contributed by atoms with Crippen LogP contribution in [0.15, 0.2) is 36.4 Å². The molecule has 0 saturated carbocycles. The van der Waals surface area contributed by atoms with Crippen molar-refractivity contribution in [3.8, 4) is 0 Å². The summed E-state index contributed by atoms with van der Waals surface area (Å²) in [6.45, 7) is 5.93. The lowest BCUT2D eigenvalue weighted by molar-refractivity contribution is -0.124. The highest BCUT2D eigenvalue weighted by Gasteiger charge is 2.10. The van der Waals surface area contributed by atoms with Gasteiger partial charge in [-0.25, -0.2) is 0 Å². The quantitative estimate of drug-likeness (QED) is 0.759. The van der Waals surface area contributed by atoms with Gasteiger partial charge in [-0.2, -0.15) is 0 Å². The Balaban J connectivity index is 1.73. The summed E-state index contributed by atoms with van der Waals surface area (Å²) in [7, 11) is 0. The van der Waals surface area contributed by atoms with Crippen LogP contribution in [0.4, 0.5) is 5.69 Å². The van der Waals surface area contributed by atoms with E-state index in [-0.39, 0.29) is 18.4 Å². The van der Waals surface area contributed by atoms with E-state index in [0.29, 0.717) is 11.4 Å². The number of hydrogen-bond donors (Lipinski definition) is 2. The van der Waals surface area contributed by atoms with Crippen LogP contribution in [0.1, 0.15) is 35.1 Å². The van der Waals surface area contributed by atoms with Crippen molar-refractivity contribution in [3.05, 3.63) is 63.7 Å². The highest BCUT2D eigenvalue weighted by Crippen LogP contribution is 2.21. The molecule has 0 aliphatic heterocycles. The molecule has 2 N–H and O–H groups in total. The van der Waals surface area contributed by atoms with Crippen molar-refractivity contribution in [2.45, 2.75) is 40.0 Å². The molecule has 0 heterocycles. The first-order valence-electron chi connectivity index (χ1n) is 8.74. The Morgan fingerprint density at radius 2 is 1.58 bits per heavy atom. The van der Waals surface area contributed by atoms with Crippen LogP contribution in [0.3, 0.4) is 0 Å². The molecule has 5 heteroatoms. The highest BCUT2D eigenvalue weighted by molar-refractivity contribution is 6.30. The molecule has 0 spiro atoms. The number of carbonyl (C=O) groups excluding carboxylic acids is 2. The average Bonchev–Trinajstić information content (AvgIpc) is 2.58. The van der Waals surface area contributed by atoms with Crippen LogP contribution >= 0.6 is 11.6 Å². The lowest BCUT2D eigenvalue weighted by Gasteiger charge is -2.13. The van der Waals surface area contributed by atoms with Crippen molar-refractivity contribution in [2.75, 3.05) is 11.9 Å². The summed E-state index contributed by atoms with van der Waals surface area (Å²) in [5.74, 6) is -0.336. The highest BCUT2D eigenvalue weighted by atomic mass is 35.5. The number of aryl methyl sites for hydroxylation is 4. The molecule has 0 atom stereocenters. The third-order valence-corrected chi connectivity index (χ3v) is 4.42. The van der Waals surface area contributed by atoms with E-state index in [1.807, 2.05) is 57.2 Å². The number of halogens is 1. The second-order valence-corrected chi connectivity index (χ2v) is 7.02. The van der Waals surface area contributed by atoms with Gasteiger partial charge in [0.2, 0.25) is 11.8 Å². The van der Waals surface area contributed by atoms with Gasteiger partial charge in [0.1, 0.15) is 0 Å². The van der Waals surface area contributed by atoms with Crippen molar-refractivity contribution in [3.63, 3.8) is 0 Å². The molecule has 138 valence electrons. The van der Waals surface area contributed by atoms with Crippen LogP contribution in [-0.4, -0.2) is 18.4 Å². The first-order valence-corrected chi connectivity index (χ1v) is 9.12. The number of amides is 2. The zero-order chi connectivity index (χ0) is 19.1. The van der Waals surface area contributed by atoms with Gasteiger partial charge in [0, 0.05) is 17.1 Å². The summed E-state index contributed by atoms with van der Waals surface area (Å²) in [5.41, 5.74) is 5.16. The van der Waals surface area contributed by atoms with Gasteiger partial charge in [0.25, 0.3) is 0 Å². The zero-order valence-electron chi connectivity index (χ0n) is 15.5. The Labute approximate surface area is 159 Å². The monoisotopic (exact) mass is 372 g/mol. The first kappa shape index (κ1) is 20.0. The smallest absolute Gasteiger partial charge is 0.243 e. The second kappa shape index (κ2) is 9.39. The number of carbonyl (C=O) groups is 2. The molecule has 0 aliphatic carbocycles. The third-order valence-electron chi connectivity index (χ3n) is 4.17. The van der Waals surface area contributed by atoms with E-state index in [0.717, 1.165) is 40.8 Å². The molecule has 0 aromatic heterocycles. The standard InChI is InChI=1S/C21H25ClN2O2/c1-14-11-15(2)21(16(3)12-14)24-20(26)13-23-19(25)6-4-5-17-7-9-18(22)10-8-17/h7-12H,4-6,13H2,1-3H3,(H,23,25)(H,24,26). The molecule has 0 aliphatic rings. The van der Waals surface area contributed by atoms with E-state index in [1.165, 1.54) is 0 Å². The van der Waals surface area contributed by atoms with Gasteiger partial charge >= 0.3 is 0 Å².